The number of halogens is 1. The molecule has 0 aliphatic heterocycles. The fourth-order valence-electron chi connectivity index (χ4n) is 1.44. The van der Waals surface area contributed by atoms with Gasteiger partial charge < -0.3 is 9.73 Å². The first-order chi connectivity index (χ1) is 9.60. The van der Waals surface area contributed by atoms with E-state index in [0.29, 0.717) is 15.9 Å². The highest BCUT2D eigenvalue weighted by molar-refractivity contribution is 9.10. The van der Waals surface area contributed by atoms with Crippen molar-refractivity contribution in [2.24, 2.45) is 0 Å². The number of anilines is 1. The van der Waals surface area contributed by atoms with Crippen LogP contribution in [0.5, 0.6) is 0 Å². The molecule has 0 saturated heterocycles. The molecule has 0 atom stereocenters. The monoisotopic (exact) mass is 349 g/mol. The molecule has 5 nitrogen and oxygen atoms in total. The van der Waals surface area contributed by atoms with Gasteiger partial charge >= 0.3 is 0 Å². The van der Waals surface area contributed by atoms with E-state index in [-0.39, 0.29) is 10.9 Å². The molecule has 0 fully saturated rings. The zero-order chi connectivity index (χ0) is 14.5. The Bertz CT molecular complexity index is 706. The molecule has 2 rings (SSSR count). The van der Waals surface area contributed by atoms with Gasteiger partial charge in [0.15, 0.2) is 15.5 Å². The van der Waals surface area contributed by atoms with Crippen molar-refractivity contribution in [3.63, 3.8) is 0 Å². The maximum atomic E-state index is 11.8. The molecule has 1 heterocycles. The molecule has 1 amide bonds. The van der Waals surface area contributed by atoms with Crippen molar-refractivity contribution in [1.82, 2.24) is 5.32 Å². The highest BCUT2D eigenvalue weighted by Gasteiger charge is 2.12. The number of carbonyl (C=O) groups is 1. The molecule has 7 heteroatoms. The number of para-hydroxylation sites is 1. The standard InChI is InChI=1S/C13H8BrN3O2S/c14-11-6-5-10(19-11)12(18)17-13(20)16-9-4-2-1-3-8(9)7-15/h1-6H,(H2,16,17,18,20). The van der Waals surface area contributed by atoms with Crippen molar-refractivity contribution in [3.05, 3.63) is 52.4 Å². The molecule has 2 N–H and O–H groups in total. The lowest BCUT2D eigenvalue weighted by atomic mass is 10.2. The molecule has 0 aliphatic rings. The lowest BCUT2D eigenvalue weighted by Crippen LogP contribution is -2.34. The highest BCUT2D eigenvalue weighted by atomic mass is 79.9. The second-order valence-electron chi connectivity index (χ2n) is 3.67. The summed E-state index contributed by atoms with van der Waals surface area (Å²) in [7, 11) is 0. The van der Waals surface area contributed by atoms with E-state index >= 15 is 0 Å². The van der Waals surface area contributed by atoms with Gasteiger partial charge in [-0.25, -0.2) is 0 Å². The maximum absolute atomic E-state index is 11.8. The van der Waals surface area contributed by atoms with Crippen LogP contribution in [0.15, 0.2) is 45.5 Å². The molecule has 1 aromatic carbocycles. The first-order valence-electron chi connectivity index (χ1n) is 5.47. The fraction of sp³-hybridized carbons (Fsp3) is 0. The van der Waals surface area contributed by atoms with Crippen LogP contribution in [0.3, 0.4) is 0 Å². The number of hydrogen-bond donors (Lipinski definition) is 2. The largest absolute Gasteiger partial charge is 0.444 e. The van der Waals surface area contributed by atoms with Crippen molar-refractivity contribution in [2.45, 2.75) is 0 Å². The topological polar surface area (TPSA) is 78.1 Å². The summed E-state index contributed by atoms with van der Waals surface area (Å²) in [6.45, 7) is 0. The molecule has 0 bridgehead atoms. The van der Waals surface area contributed by atoms with Crippen LogP contribution in [0.4, 0.5) is 5.69 Å². The quantitative estimate of drug-likeness (QED) is 0.814. The van der Waals surface area contributed by atoms with Crippen LogP contribution < -0.4 is 10.6 Å². The predicted molar refractivity (Wildman–Crippen MR) is 81.3 cm³/mol. The van der Waals surface area contributed by atoms with Gasteiger partial charge in [-0.3, -0.25) is 10.1 Å². The zero-order valence-electron chi connectivity index (χ0n) is 10.0. The van der Waals surface area contributed by atoms with Gasteiger partial charge in [0.25, 0.3) is 5.91 Å². The number of benzene rings is 1. The number of rotatable bonds is 2. The number of hydrogen-bond acceptors (Lipinski definition) is 4. The fourth-order valence-corrected chi connectivity index (χ4v) is 1.95. The Hall–Kier alpha value is -2.17. The van der Waals surface area contributed by atoms with Crippen molar-refractivity contribution in [2.75, 3.05) is 5.32 Å². The van der Waals surface area contributed by atoms with Crippen molar-refractivity contribution >= 4 is 44.9 Å². The second-order valence-corrected chi connectivity index (χ2v) is 4.86. The van der Waals surface area contributed by atoms with E-state index in [9.17, 15) is 4.79 Å². The van der Waals surface area contributed by atoms with Crippen LogP contribution in [-0.4, -0.2) is 11.0 Å². The summed E-state index contributed by atoms with van der Waals surface area (Å²) in [6.07, 6.45) is 0. The van der Waals surface area contributed by atoms with E-state index in [1.807, 2.05) is 6.07 Å². The third-order valence-electron chi connectivity index (χ3n) is 2.32. The van der Waals surface area contributed by atoms with Gasteiger partial charge in [-0.2, -0.15) is 5.26 Å². The predicted octanol–water partition coefficient (Wildman–Crippen LogP) is 3.04. The summed E-state index contributed by atoms with van der Waals surface area (Å²) < 4.78 is 5.56. The van der Waals surface area contributed by atoms with Gasteiger partial charge in [0.2, 0.25) is 0 Å². The Morgan fingerprint density at radius 3 is 2.70 bits per heavy atom. The third-order valence-corrected chi connectivity index (χ3v) is 2.95. The van der Waals surface area contributed by atoms with Gasteiger partial charge in [-0.15, -0.1) is 0 Å². The van der Waals surface area contributed by atoms with Crippen LogP contribution in [-0.2, 0) is 0 Å². The lowest BCUT2D eigenvalue weighted by Gasteiger charge is -2.09. The zero-order valence-corrected chi connectivity index (χ0v) is 12.4. The van der Waals surface area contributed by atoms with Crippen LogP contribution in [0.2, 0.25) is 0 Å². The van der Waals surface area contributed by atoms with E-state index in [0.717, 1.165) is 0 Å². The van der Waals surface area contributed by atoms with Crippen molar-refractivity contribution in [3.8, 4) is 6.07 Å². The van der Waals surface area contributed by atoms with Crippen LogP contribution in [0.1, 0.15) is 16.1 Å². The maximum Gasteiger partial charge on any atom is 0.293 e. The van der Waals surface area contributed by atoms with E-state index < -0.39 is 5.91 Å². The molecule has 0 saturated carbocycles. The Morgan fingerprint density at radius 2 is 2.05 bits per heavy atom. The van der Waals surface area contributed by atoms with Gasteiger partial charge in [-0.05, 0) is 52.4 Å². The van der Waals surface area contributed by atoms with Crippen LogP contribution >= 0.6 is 28.1 Å². The first kappa shape index (κ1) is 14.2. The third kappa shape index (κ3) is 3.44. The van der Waals surface area contributed by atoms with E-state index in [1.54, 1.807) is 30.3 Å². The average molecular weight is 350 g/mol. The highest BCUT2D eigenvalue weighted by Crippen LogP contribution is 2.15. The van der Waals surface area contributed by atoms with E-state index in [1.165, 1.54) is 6.07 Å². The number of nitrogens with one attached hydrogen (secondary N) is 2. The van der Waals surface area contributed by atoms with Gasteiger partial charge in [0.05, 0.1) is 11.3 Å². The molecular weight excluding hydrogens is 342 g/mol. The number of carbonyl (C=O) groups excluding carboxylic acids is 1. The SMILES string of the molecule is N#Cc1ccccc1NC(=S)NC(=O)c1ccc(Br)o1. The number of nitriles is 1. The second kappa shape index (κ2) is 6.32. The molecule has 0 radical (unpaired) electrons. The summed E-state index contributed by atoms with van der Waals surface area (Å²) in [5.41, 5.74) is 0.964. The number of amides is 1. The minimum Gasteiger partial charge on any atom is -0.444 e. The van der Waals surface area contributed by atoms with E-state index in [2.05, 4.69) is 26.6 Å². The van der Waals surface area contributed by atoms with Gasteiger partial charge in [0.1, 0.15) is 6.07 Å². The molecular formula is C13H8BrN3O2S. The minimum atomic E-state index is -0.470. The minimum absolute atomic E-state index is 0.0882. The molecule has 0 unspecified atom stereocenters. The summed E-state index contributed by atoms with van der Waals surface area (Å²) in [6, 6.07) is 12.0. The summed E-state index contributed by atoms with van der Waals surface area (Å²) >= 11 is 8.13. The first-order valence-corrected chi connectivity index (χ1v) is 6.67. The molecule has 20 heavy (non-hydrogen) atoms. The Kier molecular flexibility index (Phi) is 4.50. The molecule has 2 aromatic rings. The van der Waals surface area contributed by atoms with E-state index in [4.69, 9.17) is 21.9 Å². The smallest absolute Gasteiger partial charge is 0.293 e. The molecule has 100 valence electrons. The lowest BCUT2D eigenvalue weighted by molar-refractivity contribution is 0.0949. The normalized spacial score (nSPS) is 9.60. The van der Waals surface area contributed by atoms with Crippen LogP contribution in [0.25, 0.3) is 0 Å². The van der Waals surface area contributed by atoms with Crippen LogP contribution in [0, 0.1) is 11.3 Å². The molecule has 1 aromatic heterocycles. The number of nitrogens with zero attached hydrogens (tertiary/aromatic N) is 1. The molecule has 0 spiro atoms. The number of thiocarbonyl (C=S) groups is 1. The van der Waals surface area contributed by atoms with Gasteiger partial charge in [-0.1, -0.05) is 12.1 Å². The summed E-state index contributed by atoms with van der Waals surface area (Å²) in [5.74, 6) is -0.336. The van der Waals surface area contributed by atoms with Crippen molar-refractivity contribution < 1.29 is 9.21 Å². The number of furan rings is 1. The Balaban J connectivity index is 2.03. The Labute approximate surface area is 128 Å². The summed E-state index contributed by atoms with van der Waals surface area (Å²) in [5, 5.41) is 14.3. The molecule has 0 aliphatic carbocycles. The Morgan fingerprint density at radius 1 is 1.30 bits per heavy atom. The van der Waals surface area contributed by atoms with Crippen molar-refractivity contribution in [1.29, 1.82) is 5.26 Å². The van der Waals surface area contributed by atoms with Gasteiger partial charge in [0, 0.05) is 0 Å². The summed E-state index contributed by atoms with van der Waals surface area (Å²) in [4.78, 5) is 11.8. The average Bonchev–Trinajstić information content (AvgIpc) is 2.86.